The third-order valence-corrected chi connectivity index (χ3v) is 7.65. The molecule has 190 valence electrons. The van der Waals surface area contributed by atoms with Crippen LogP contribution in [0.4, 0.5) is 5.69 Å². The van der Waals surface area contributed by atoms with Crippen molar-refractivity contribution >= 4 is 62.0 Å². The second-order valence-electron chi connectivity index (χ2n) is 8.91. The number of sulfone groups is 1. The van der Waals surface area contributed by atoms with E-state index >= 15 is 0 Å². The van der Waals surface area contributed by atoms with Gasteiger partial charge in [0.05, 0.1) is 15.8 Å². The van der Waals surface area contributed by atoms with Crippen LogP contribution < -0.4 is 16.0 Å². The summed E-state index contributed by atoms with van der Waals surface area (Å²) in [5, 5.41) is 10.4. The lowest BCUT2D eigenvalue weighted by Gasteiger charge is -2.23. The van der Waals surface area contributed by atoms with Crippen molar-refractivity contribution in [1.82, 2.24) is 15.5 Å². The molecule has 0 bridgehead atoms. The van der Waals surface area contributed by atoms with Crippen molar-refractivity contribution in [2.24, 2.45) is 0 Å². The first-order chi connectivity index (χ1) is 16.5. The number of amides is 1. The van der Waals surface area contributed by atoms with E-state index in [-0.39, 0.29) is 29.2 Å². The van der Waals surface area contributed by atoms with E-state index in [0.717, 1.165) is 36.0 Å². The highest BCUT2D eigenvalue weighted by molar-refractivity contribution is 7.90. The van der Waals surface area contributed by atoms with Gasteiger partial charge in [-0.1, -0.05) is 47.0 Å². The lowest BCUT2D eigenvalue weighted by Crippen LogP contribution is -2.51. The molecule has 1 amide bonds. The number of aryl methyl sites for hydroxylation is 1. The van der Waals surface area contributed by atoms with Gasteiger partial charge in [0, 0.05) is 37.6 Å². The van der Waals surface area contributed by atoms with Gasteiger partial charge in [0.1, 0.15) is 15.9 Å². The third kappa shape index (κ3) is 9.24. The van der Waals surface area contributed by atoms with Crippen molar-refractivity contribution in [2.75, 3.05) is 30.4 Å². The van der Waals surface area contributed by atoms with E-state index in [9.17, 15) is 13.2 Å². The summed E-state index contributed by atoms with van der Waals surface area (Å²) in [5.74, 6) is -0.401. The van der Waals surface area contributed by atoms with Crippen molar-refractivity contribution in [3.05, 3.63) is 63.6 Å². The van der Waals surface area contributed by atoms with Gasteiger partial charge in [0.25, 0.3) is 0 Å². The molecule has 2 aromatic rings. The van der Waals surface area contributed by atoms with E-state index in [1.54, 1.807) is 6.07 Å². The molecule has 0 radical (unpaired) electrons. The van der Waals surface area contributed by atoms with Crippen LogP contribution in [-0.2, 0) is 21.2 Å². The molecule has 1 saturated heterocycles. The highest BCUT2D eigenvalue weighted by atomic mass is 35.5. The van der Waals surface area contributed by atoms with E-state index in [4.69, 9.17) is 35.4 Å². The molecule has 11 heteroatoms. The summed E-state index contributed by atoms with van der Waals surface area (Å²) in [6, 6.07) is 12.4. The Labute approximate surface area is 222 Å². The third-order valence-electron chi connectivity index (χ3n) is 5.72. The molecule has 1 heterocycles. The van der Waals surface area contributed by atoms with E-state index in [0.29, 0.717) is 23.1 Å². The van der Waals surface area contributed by atoms with Crippen molar-refractivity contribution < 1.29 is 13.2 Å². The van der Waals surface area contributed by atoms with Gasteiger partial charge in [-0.05, 0) is 61.8 Å². The van der Waals surface area contributed by atoms with Crippen LogP contribution in [0.3, 0.4) is 0 Å². The summed E-state index contributed by atoms with van der Waals surface area (Å²) >= 11 is 17.5. The Morgan fingerprint density at radius 3 is 2.54 bits per heavy atom. The normalized spacial score (nSPS) is 17.1. The molecule has 35 heavy (non-hydrogen) atoms. The first kappa shape index (κ1) is 27.7. The second-order valence-corrected chi connectivity index (χ2v) is 12.4. The summed E-state index contributed by atoms with van der Waals surface area (Å²) in [6.07, 6.45) is 2.06. The molecule has 1 aliphatic rings. The molecule has 0 unspecified atom stereocenters. The number of rotatable bonds is 9. The molecular formula is C24H30Cl2N4O3S2. The highest BCUT2D eigenvalue weighted by Gasteiger charge is 2.28. The molecular weight excluding hydrogens is 527 g/mol. The number of halogens is 2. The smallest absolute Gasteiger partial charge is 0.242 e. The molecule has 1 fully saturated rings. The Bertz CT molecular complexity index is 1160. The summed E-state index contributed by atoms with van der Waals surface area (Å²) in [4.78, 5) is 15.3. The number of carbonyl (C=O) groups is 1. The first-order valence-electron chi connectivity index (χ1n) is 11.3. The Kier molecular flexibility index (Phi) is 9.77. The molecule has 7 nitrogen and oxygen atoms in total. The predicted octanol–water partition coefficient (Wildman–Crippen LogP) is 3.78. The maximum atomic E-state index is 13.1. The largest absolute Gasteiger partial charge is 0.351 e. The summed E-state index contributed by atoms with van der Waals surface area (Å²) in [5.41, 5.74) is 2.94. The van der Waals surface area contributed by atoms with Gasteiger partial charge in [-0.15, -0.1) is 0 Å². The topological polar surface area (TPSA) is 90.5 Å². The molecule has 2 aromatic carbocycles. The van der Waals surface area contributed by atoms with Crippen molar-refractivity contribution in [3.8, 4) is 0 Å². The monoisotopic (exact) mass is 556 g/mol. The van der Waals surface area contributed by atoms with Crippen LogP contribution in [0.2, 0.25) is 10.0 Å². The van der Waals surface area contributed by atoms with Crippen LogP contribution in [0.1, 0.15) is 24.0 Å². The van der Waals surface area contributed by atoms with E-state index < -0.39 is 15.9 Å². The van der Waals surface area contributed by atoms with E-state index in [1.165, 1.54) is 0 Å². The van der Waals surface area contributed by atoms with Crippen LogP contribution >= 0.6 is 35.4 Å². The SMILES string of the molecule is Cc1ccc(NC(=S)N[C@@H](CCS(C)(=O)=O)C(=O)N[C@@H]2CCN(Cc3ccc(Cl)c(Cl)c3)C2)cc1. The van der Waals surface area contributed by atoms with Gasteiger partial charge in [-0.25, -0.2) is 8.42 Å². The van der Waals surface area contributed by atoms with Crippen molar-refractivity contribution in [2.45, 2.75) is 38.4 Å². The van der Waals surface area contributed by atoms with Crippen LogP contribution in [0.15, 0.2) is 42.5 Å². The van der Waals surface area contributed by atoms with Gasteiger partial charge in [-0.2, -0.15) is 0 Å². The minimum Gasteiger partial charge on any atom is -0.351 e. The van der Waals surface area contributed by atoms with E-state index in [2.05, 4.69) is 20.9 Å². The first-order valence-corrected chi connectivity index (χ1v) is 14.5. The molecule has 0 aliphatic carbocycles. The van der Waals surface area contributed by atoms with Crippen molar-refractivity contribution in [1.29, 1.82) is 0 Å². The zero-order valence-electron chi connectivity index (χ0n) is 19.7. The summed E-state index contributed by atoms with van der Waals surface area (Å²) < 4.78 is 23.5. The lowest BCUT2D eigenvalue weighted by atomic mass is 10.2. The maximum absolute atomic E-state index is 13.1. The van der Waals surface area contributed by atoms with E-state index in [1.807, 2.05) is 43.3 Å². The van der Waals surface area contributed by atoms with Gasteiger partial charge < -0.3 is 16.0 Å². The number of anilines is 1. The maximum Gasteiger partial charge on any atom is 0.242 e. The minimum absolute atomic E-state index is 0.0496. The van der Waals surface area contributed by atoms with Gasteiger partial charge in [0.2, 0.25) is 5.91 Å². The molecule has 0 aromatic heterocycles. The van der Waals surface area contributed by atoms with Crippen LogP contribution in [0.25, 0.3) is 0 Å². The molecule has 3 N–H and O–H groups in total. The van der Waals surface area contributed by atoms with Crippen LogP contribution in [-0.4, -0.2) is 61.5 Å². The number of hydrogen-bond donors (Lipinski definition) is 3. The Morgan fingerprint density at radius 2 is 1.89 bits per heavy atom. The highest BCUT2D eigenvalue weighted by Crippen LogP contribution is 2.24. The number of carbonyl (C=O) groups excluding carboxylic acids is 1. The van der Waals surface area contributed by atoms with Gasteiger partial charge in [0.15, 0.2) is 5.11 Å². The lowest BCUT2D eigenvalue weighted by molar-refractivity contribution is -0.123. The number of thiocarbonyl (C=S) groups is 1. The summed E-state index contributed by atoms with van der Waals surface area (Å²) in [6.45, 7) is 4.18. The molecule has 0 saturated carbocycles. The van der Waals surface area contributed by atoms with Crippen LogP contribution in [0.5, 0.6) is 0 Å². The number of nitrogens with zero attached hydrogens (tertiary/aromatic N) is 1. The molecule has 1 aliphatic heterocycles. The average Bonchev–Trinajstić information content (AvgIpc) is 3.21. The second kappa shape index (κ2) is 12.4. The number of likely N-dealkylation sites (tertiary alicyclic amines) is 1. The zero-order chi connectivity index (χ0) is 25.6. The Morgan fingerprint density at radius 1 is 1.17 bits per heavy atom. The van der Waals surface area contributed by atoms with Gasteiger partial charge in [-0.3, -0.25) is 9.69 Å². The standard InChI is InChI=1S/C24H30Cl2N4O3S2/c1-16-3-6-18(7-4-16)28-24(34)29-22(10-12-35(2,32)33)23(31)27-19-9-11-30(15-19)14-17-5-8-20(25)21(26)13-17/h3-8,13,19,22H,9-12,14-15H2,1-2H3,(H,27,31)(H2,28,29,34)/t19-,22+/m1/s1. The minimum atomic E-state index is -3.24. The number of benzene rings is 2. The average molecular weight is 558 g/mol. The zero-order valence-corrected chi connectivity index (χ0v) is 22.8. The predicted molar refractivity (Wildman–Crippen MR) is 147 cm³/mol. The molecule has 2 atom stereocenters. The van der Waals surface area contributed by atoms with Gasteiger partial charge >= 0.3 is 0 Å². The fourth-order valence-corrected chi connectivity index (χ4v) is 5.10. The fourth-order valence-electron chi connectivity index (χ4n) is 3.86. The molecule has 0 spiro atoms. The number of nitrogens with one attached hydrogen (secondary N) is 3. The fraction of sp³-hybridized carbons (Fsp3) is 0.417. The quantitative estimate of drug-likeness (QED) is 0.405. The summed E-state index contributed by atoms with van der Waals surface area (Å²) in [7, 11) is -3.24. The Hall–Kier alpha value is -1.91. The molecule has 3 rings (SSSR count). The Balaban J connectivity index is 1.57. The van der Waals surface area contributed by atoms with Crippen molar-refractivity contribution in [3.63, 3.8) is 0 Å². The number of hydrogen-bond acceptors (Lipinski definition) is 5. The van der Waals surface area contributed by atoms with Crippen LogP contribution in [0, 0.1) is 6.92 Å².